The van der Waals surface area contributed by atoms with Crippen molar-refractivity contribution in [2.75, 3.05) is 22.8 Å². The minimum atomic E-state index is -3.84. The highest BCUT2D eigenvalue weighted by molar-refractivity contribution is 14.1. The first-order chi connectivity index (χ1) is 15.3. The molecule has 0 saturated carbocycles. The van der Waals surface area contributed by atoms with Crippen LogP contribution in [0.1, 0.15) is 15.9 Å². The number of nitrogens with one attached hydrogen (secondary N) is 1. The fourth-order valence-corrected chi connectivity index (χ4v) is 5.32. The van der Waals surface area contributed by atoms with Crippen LogP contribution in [0.3, 0.4) is 0 Å². The van der Waals surface area contributed by atoms with Crippen molar-refractivity contribution < 1.29 is 22.7 Å². The maximum absolute atomic E-state index is 13.2. The Bertz CT molecular complexity index is 1280. The molecule has 1 amide bonds. The highest BCUT2D eigenvalue weighted by Gasteiger charge is 2.31. The molecule has 1 heterocycles. The Morgan fingerprint density at radius 1 is 1.00 bits per heavy atom. The topological polar surface area (TPSA) is 92.8 Å². The number of hydrogen-bond donors (Lipinski definition) is 1. The van der Waals surface area contributed by atoms with Crippen molar-refractivity contribution in [3.8, 4) is 0 Å². The molecule has 0 aliphatic carbocycles. The van der Waals surface area contributed by atoms with Gasteiger partial charge in [0.1, 0.15) is 0 Å². The van der Waals surface area contributed by atoms with Crippen molar-refractivity contribution in [2.24, 2.45) is 0 Å². The van der Waals surface area contributed by atoms with Crippen molar-refractivity contribution in [1.29, 1.82) is 0 Å². The van der Waals surface area contributed by atoms with Gasteiger partial charge in [0.25, 0.3) is 15.9 Å². The van der Waals surface area contributed by atoms with Gasteiger partial charge < -0.3 is 10.1 Å². The molecule has 164 valence electrons. The number of rotatable bonds is 6. The number of esters is 1. The monoisotopic (exact) mass is 562 g/mol. The third-order valence-corrected chi connectivity index (χ3v) is 7.49. The van der Waals surface area contributed by atoms with Gasteiger partial charge in [-0.3, -0.25) is 9.10 Å². The highest BCUT2D eigenvalue weighted by atomic mass is 127. The second-order valence-corrected chi connectivity index (χ2v) is 10.2. The molecule has 0 unspecified atom stereocenters. The van der Waals surface area contributed by atoms with Crippen molar-refractivity contribution >= 4 is 55.9 Å². The van der Waals surface area contributed by atoms with Crippen LogP contribution >= 0.6 is 22.6 Å². The minimum Gasteiger partial charge on any atom is -0.452 e. The lowest BCUT2D eigenvalue weighted by atomic mass is 10.2. The van der Waals surface area contributed by atoms with E-state index in [1.54, 1.807) is 24.3 Å². The molecule has 0 fully saturated rings. The Labute approximate surface area is 199 Å². The standard InChI is InChI=1S/C23H19IN2O5S/c24-18-8-10-19(11-9-18)25-22(27)15-31-23(28)17-5-3-6-20(14-17)32(29,30)26-13-12-16-4-1-2-7-21(16)26/h1-11,14H,12-13,15H2,(H,25,27). The summed E-state index contributed by atoms with van der Waals surface area (Å²) < 4.78 is 33.8. The predicted molar refractivity (Wildman–Crippen MR) is 129 cm³/mol. The molecule has 3 aromatic rings. The predicted octanol–water partition coefficient (Wildman–Crippen LogP) is 3.84. The van der Waals surface area contributed by atoms with Crippen molar-refractivity contribution in [2.45, 2.75) is 11.3 Å². The number of fused-ring (bicyclic) bond motifs is 1. The maximum atomic E-state index is 13.2. The van der Waals surface area contributed by atoms with Crippen LogP contribution in [0.5, 0.6) is 0 Å². The fraction of sp³-hybridized carbons (Fsp3) is 0.130. The van der Waals surface area contributed by atoms with Crippen LogP contribution in [0.15, 0.2) is 77.7 Å². The Morgan fingerprint density at radius 2 is 1.75 bits per heavy atom. The van der Waals surface area contributed by atoms with E-state index in [0.717, 1.165) is 9.13 Å². The average Bonchev–Trinajstić information content (AvgIpc) is 3.24. The van der Waals surface area contributed by atoms with Gasteiger partial charge in [-0.1, -0.05) is 24.3 Å². The molecule has 7 nitrogen and oxygen atoms in total. The van der Waals surface area contributed by atoms with Gasteiger partial charge in [-0.25, -0.2) is 13.2 Å². The third kappa shape index (κ3) is 4.78. The Morgan fingerprint density at radius 3 is 2.53 bits per heavy atom. The summed E-state index contributed by atoms with van der Waals surface area (Å²) in [7, 11) is -3.84. The first-order valence-electron chi connectivity index (χ1n) is 9.78. The summed E-state index contributed by atoms with van der Waals surface area (Å²) in [5.74, 6) is -1.27. The quantitative estimate of drug-likeness (QED) is 0.364. The van der Waals surface area contributed by atoms with Gasteiger partial charge in [0, 0.05) is 15.8 Å². The van der Waals surface area contributed by atoms with Crippen LogP contribution in [0, 0.1) is 3.57 Å². The summed E-state index contributed by atoms with van der Waals surface area (Å²) in [6.07, 6.45) is 0.632. The van der Waals surface area contributed by atoms with E-state index in [9.17, 15) is 18.0 Å². The largest absolute Gasteiger partial charge is 0.452 e. The number of benzene rings is 3. The van der Waals surface area contributed by atoms with Gasteiger partial charge in [0.15, 0.2) is 6.61 Å². The minimum absolute atomic E-state index is 0.00741. The lowest BCUT2D eigenvalue weighted by Crippen LogP contribution is -2.29. The zero-order chi connectivity index (χ0) is 22.7. The molecule has 32 heavy (non-hydrogen) atoms. The summed E-state index contributed by atoms with van der Waals surface area (Å²) in [6.45, 7) is -0.142. The van der Waals surface area contributed by atoms with E-state index < -0.39 is 28.5 Å². The molecule has 0 bridgehead atoms. The molecule has 0 atom stereocenters. The maximum Gasteiger partial charge on any atom is 0.338 e. The summed E-state index contributed by atoms with van der Waals surface area (Å²) in [5.41, 5.74) is 2.25. The van der Waals surface area contributed by atoms with Crippen molar-refractivity contribution in [1.82, 2.24) is 0 Å². The number of carbonyl (C=O) groups excluding carboxylic acids is 2. The second-order valence-electron chi connectivity index (χ2n) is 7.11. The number of ether oxygens (including phenoxy) is 1. The molecule has 0 aromatic heterocycles. The molecule has 1 aliphatic heterocycles. The zero-order valence-corrected chi connectivity index (χ0v) is 19.8. The number of sulfonamides is 1. The molecule has 3 aromatic carbocycles. The SMILES string of the molecule is O=C(COC(=O)c1cccc(S(=O)(=O)N2CCc3ccccc32)c1)Nc1ccc(I)cc1. The zero-order valence-electron chi connectivity index (χ0n) is 16.8. The number of anilines is 2. The first-order valence-corrected chi connectivity index (χ1v) is 12.3. The molecular weight excluding hydrogens is 543 g/mol. The summed E-state index contributed by atoms with van der Waals surface area (Å²) in [4.78, 5) is 24.5. The summed E-state index contributed by atoms with van der Waals surface area (Å²) >= 11 is 2.15. The van der Waals surface area contributed by atoms with Gasteiger partial charge in [0.2, 0.25) is 0 Å². The van der Waals surface area contributed by atoms with Gasteiger partial charge in [-0.05, 0) is 83.1 Å². The van der Waals surface area contributed by atoms with E-state index in [4.69, 9.17) is 4.74 Å². The molecule has 1 aliphatic rings. The van der Waals surface area contributed by atoms with Gasteiger partial charge in [0.05, 0.1) is 16.1 Å². The number of hydrogen-bond acceptors (Lipinski definition) is 5. The van der Waals surface area contributed by atoms with Crippen LogP contribution in [0.2, 0.25) is 0 Å². The molecule has 4 rings (SSSR count). The molecule has 1 N–H and O–H groups in total. The second kappa shape index (κ2) is 9.29. The molecular formula is C23H19IN2O5S. The van der Waals surface area contributed by atoms with Crippen molar-refractivity contribution in [3.63, 3.8) is 0 Å². The number of carbonyl (C=O) groups is 2. The Balaban J connectivity index is 1.44. The number of amides is 1. The Hall–Kier alpha value is -2.92. The van der Waals surface area contributed by atoms with Crippen molar-refractivity contribution in [3.05, 3.63) is 87.5 Å². The summed E-state index contributed by atoms with van der Waals surface area (Å²) in [5, 5.41) is 2.64. The van der Waals surface area contributed by atoms with Crippen LogP contribution in [-0.4, -0.2) is 33.4 Å². The van der Waals surface area contributed by atoms with E-state index in [1.807, 2.05) is 24.3 Å². The highest BCUT2D eigenvalue weighted by Crippen LogP contribution is 2.32. The molecule has 0 saturated heterocycles. The number of para-hydroxylation sites is 1. The van der Waals surface area contributed by atoms with E-state index in [-0.39, 0.29) is 10.5 Å². The van der Waals surface area contributed by atoms with Crippen LogP contribution < -0.4 is 9.62 Å². The van der Waals surface area contributed by atoms with E-state index >= 15 is 0 Å². The van der Waals surface area contributed by atoms with Crippen LogP contribution in [0.25, 0.3) is 0 Å². The lowest BCUT2D eigenvalue weighted by Gasteiger charge is -2.19. The molecule has 0 spiro atoms. The lowest BCUT2D eigenvalue weighted by molar-refractivity contribution is -0.119. The molecule has 0 radical (unpaired) electrons. The van der Waals surface area contributed by atoms with E-state index in [1.165, 1.54) is 28.6 Å². The first kappa shape index (κ1) is 22.3. The number of nitrogens with zero attached hydrogens (tertiary/aromatic N) is 1. The summed E-state index contributed by atoms with van der Waals surface area (Å²) in [6, 6.07) is 20.2. The van der Waals surface area contributed by atoms with E-state index in [0.29, 0.717) is 24.3 Å². The Kier molecular flexibility index (Phi) is 6.47. The molecule has 9 heteroatoms. The normalized spacial score (nSPS) is 12.8. The fourth-order valence-electron chi connectivity index (χ4n) is 3.41. The van der Waals surface area contributed by atoms with Gasteiger partial charge in [-0.15, -0.1) is 0 Å². The van der Waals surface area contributed by atoms with Gasteiger partial charge >= 0.3 is 5.97 Å². The number of halogens is 1. The van der Waals surface area contributed by atoms with Crippen LogP contribution in [0.4, 0.5) is 11.4 Å². The average molecular weight is 562 g/mol. The van der Waals surface area contributed by atoms with Crippen LogP contribution in [-0.2, 0) is 26.0 Å². The third-order valence-electron chi connectivity index (χ3n) is 4.96. The van der Waals surface area contributed by atoms with E-state index in [2.05, 4.69) is 27.9 Å². The van der Waals surface area contributed by atoms with Gasteiger partial charge in [-0.2, -0.15) is 0 Å². The smallest absolute Gasteiger partial charge is 0.338 e.